The second-order valence-corrected chi connectivity index (χ2v) is 3.46. The fraction of sp³-hybridized carbons (Fsp3) is 0.333. The molecule has 14 heavy (non-hydrogen) atoms. The lowest BCUT2D eigenvalue weighted by Gasteiger charge is -2.22. The van der Waals surface area contributed by atoms with Crippen molar-refractivity contribution in [3.8, 4) is 0 Å². The number of hydrogen-bond donors (Lipinski definition) is 3. The second-order valence-electron chi connectivity index (χ2n) is 3.46. The summed E-state index contributed by atoms with van der Waals surface area (Å²) < 4.78 is 0. The maximum Gasteiger partial charge on any atom is 0.305 e. The van der Waals surface area contributed by atoms with Gasteiger partial charge in [-0.2, -0.15) is 0 Å². The molecule has 1 heterocycles. The summed E-state index contributed by atoms with van der Waals surface area (Å²) >= 11 is 0. The monoisotopic (exact) mass is 195 g/mol. The van der Waals surface area contributed by atoms with E-state index < -0.39 is 11.5 Å². The first-order valence-electron chi connectivity index (χ1n) is 4.14. The molecule has 0 aliphatic carbocycles. The van der Waals surface area contributed by atoms with Crippen molar-refractivity contribution in [3.63, 3.8) is 0 Å². The Labute approximate surface area is 81.7 Å². The number of carboxylic acids is 1. The van der Waals surface area contributed by atoms with Crippen molar-refractivity contribution in [1.82, 2.24) is 4.98 Å². The first-order valence-corrected chi connectivity index (χ1v) is 4.14. The number of nitrogens with two attached hydrogens (primary N) is 2. The fourth-order valence-corrected chi connectivity index (χ4v) is 1.22. The number of hydrogen-bond acceptors (Lipinski definition) is 4. The van der Waals surface area contributed by atoms with Crippen LogP contribution in [0, 0.1) is 0 Å². The molecule has 0 aliphatic heterocycles. The standard InChI is InChI=1S/C9H13N3O2/c1-9(11,5-8(13)14)6-2-3-12-7(10)4-6/h2-4H,5,11H2,1H3,(H2,10,12)(H,13,14)/t9-/m0/s1. The third kappa shape index (κ3) is 2.43. The molecule has 0 spiro atoms. The van der Waals surface area contributed by atoms with Crippen LogP contribution in [-0.2, 0) is 10.3 Å². The number of rotatable bonds is 3. The van der Waals surface area contributed by atoms with Crippen LogP contribution >= 0.6 is 0 Å². The van der Waals surface area contributed by atoms with Gasteiger partial charge in [0.1, 0.15) is 5.82 Å². The van der Waals surface area contributed by atoms with E-state index in [0.717, 1.165) is 0 Å². The van der Waals surface area contributed by atoms with E-state index >= 15 is 0 Å². The summed E-state index contributed by atoms with van der Waals surface area (Å²) in [5, 5.41) is 8.65. The second kappa shape index (κ2) is 3.63. The van der Waals surface area contributed by atoms with Crippen LogP contribution in [0.15, 0.2) is 18.3 Å². The number of aromatic nitrogens is 1. The van der Waals surface area contributed by atoms with Gasteiger partial charge < -0.3 is 16.6 Å². The Morgan fingerprint density at radius 1 is 1.71 bits per heavy atom. The van der Waals surface area contributed by atoms with Crippen LogP contribution in [-0.4, -0.2) is 16.1 Å². The molecule has 0 saturated carbocycles. The molecule has 1 atom stereocenters. The zero-order valence-electron chi connectivity index (χ0n) is 7.90. The van der Waals surface area contributed by atoms with Gasteiger partial charge in [-0.25, -0.2) is 4.98 Å². The van der Waals surface area contributed by atoms with E-state index in [1.54, 1.807) is 19.1 Å². The van der Waals surface area contributed by atoms with E-state index in [4.69, 9.17) is 16.6 Å². The molecule has 5 heteroatoms. The van der Waals surface area contributed by atoms with Crippen molar-refractivity contribution in [2.45, 2.75) is 18.9 Å². The van der Waals surface area contributed by atoms with Crippen LogP contribution in [0.2, 0.25) is 0 Å². The smallest absolute Gasteiger partial charge is 0.305 e. The first kappa shape index (κ1) is 10.5. The Bertz CT molecular complexity index is 350. The summed E-state index contributed by atoms with van der Waals surface area (Å²) in [6.07, 6.45) is 1.37. The predicted octanol–water partition coefficient (Wildman–Crippen LogP) is 0.312. The van der Waals surface area contributed by atoms with E-state index in [0.29, 0.717) is 11.4 Å². The largest absolute Gasteiger partial charge is 0.481 e. The van der Waals surface area contributed by atoms with Gasteiger partial charge in [0, 0.05) is 11.7 Å². The van der Waals surface area contributed by atoms with Gasteiger partial charge in [0.2, 0.25) is 0 Å². The average molecular weight is 195 g/mol. The third-order valence-electron chi connectivity index (χ3n) is 1.96. The normalized spacial score (nSPS) is 14.7. The zero-order chi connectivity index (χ0) is 10.8. The summed E-state index contributed by atoms with van der Waals surface area (Å²) in [6.45, 7) is 1.65. The molecule has 1 rings (SSSR count). The molecule has 0 aromatic carbocycles. The SMILES string of the molecule is C[C@](N)(CC(=O)O)c1ccnc(N)c1. The maximum atomic E-state index is 10.5. The highest BCUT2D eigenvalue weighted by molar-refractivity contribution is 5.68. The minimum Gasteiger partial charge on any atom is -0.481 e. The number of nitrogen functional groups attached to an aromatic ring is 1. The van der Waals surface area contributed by atoms with E-state index in [1.807, 2.05) is 0 Å². The molecular formula is C9H13N3O2. The molecule has 5 nitrogen and oxygen atoms in total. The molecule has 0 aliphatic rings. The molecule has 5 N–H and O–H groups in total. The molecule has 0 bridgehead atoms. The third-order valence-corrected chi connectivity index (χ3v) is 1.96. The molecule has 0 radical (unpaired) electrons. The molecule has 76 valence electrons. The first-order chi connectivity index (χ1) is 6.42. The lowest BCUT2D eigenvalue weighted by Crippen LogP contribution is -2.35. The number of carbonyl (C=O) groups is 1. The van der Waals surface area contributed by atoms with Crippen LogP contribution in [0.1, 0.15) is 18.9 Å². The van der Waals surface area contributed by atoms with Gasteiger partial charge in [-0.1, -0.05) is 0 Å². The minimum atomic E-state index is -0.939. The Morgan fingerprint density at radius 2 is 2.36 bits per heavy atom. The van der Waals surface area contributed by atoms with Crippen LogP contribution in [0.25, 0.3) is 0 Å². The van der Waals surface area contributed by atoms with Crippen molar-refractivity contribution in [3.05, 3.63) is 23.9 Å². The highest BCUT2D eigenvalue weighted by Gasteiger charge is 2.24. The number of carboxylic acid groups (broad SMARTS) is 1. The number of pyridine rings is 1. The molecule has 1 aromatic heterocycles. The van der Waals surface area contributed by atoms with Crippen molar-refractivity contribution >= 4 is 11.8 Å². The predicted molar refractivity (Wildman–Crippen MR) is 52.4 cm³/mol. The number of nitrogens with zero attached hydrogens (tertiary/aromatic N) is 1. The topological polar surface area (TPSA) is 102 Å². The van der Waals surface area contributed by atoms with Crippen molar-refractivity contribution in [2.75, 3.05) is 5.73 Å². The lowest BCUT2D eigenvalue weighted by molar-refractivity contribution is -0.138. The lowest BCUT2D eigenvalue weighted by atomic mass is 9.90. The van der Waals surface area contributed by atoms with Crippen LogP contribution < -0.4 is 11.5 Å². The Kier molecular flexibility index (Phi) is 2.71. The molecule has 0 fully saturated rings. The summed E-state index contributed by atoms with van der Waals surface area (Å²) in [5.74, 6) is -0.602. The molecule has 0 unspecified atom stereocenters. The summed E-state index contributed by atoms with van der Waals surface area (Å²) in [6, 6.07) is 3.25. The minimum absolute atomic E-state index is 0.142. The van der Waals surface area contributed by atoms with Gasteiger partial charge in [0.25, 0.3) is 0 Å². The van der Waals surface area contributed by atoms with Gasteiger partial charge in [0.15, 0.2) is 0 Å². The van der Waals surface area contributed by atoms with Crippen LogP contribution in [0.3, 0.4) is 0 Å². The van der Waals surface area contributed by atoms with E-state index in [9.17, 15) is 4.79 Å². The summed E-state index contributed by atoms with van der Waals surface area (Å²) in [7, 11) is 0. The molecule has 0 amide bonds. The van der Waals surface area contributed by atoms with E-state index in [-0.39, 0.29) is 6.42 Å². The summed E-state index contributed by atoms with van der Waals surface area (Å²) in [4.78, 5) is 14.4. The number of aliphatic carboxylic acids is 1. The molecule has 1 aromatic rings. The number of anilines is 1. The Balaban J connectivity index is 2.97. The van der Waals surface area contributed by atoms with Crippen LogP contribution in [0.5, 0.6) is 0 Å². The highest BCUT2D eigenvalue weighted by Crippen LogP contribution is 2.22. The quantitative estimate of drug-likeness (QED) is 0.644. The van der Waals surface area contributed by atoms with Gasteiger partial charge in [-0.05, 0) is 24.6 Å². The Hall–Kier alpha value is -1.62. The van der Waals surface area contributed by atoms with Crippen LogP contribution in [0.4, 0.5) is 5.82 Å². The van der Waals surface area contributed by atoms with E-state index in [1.165, 1.54) is 6.20 Å². The fourth-order valence-electron chi connectivity index (χ4n) is 1.22. The molecular weight excluding hydrogens is 182 g/mol. The average Bonchev–Trinajstić information content (AvgIpc) is 2.01. The van der Waals surface area contributed by atoms with Crippen molar-refractivity contribution < 1.29 is 9.90 Å². The van der Waals surface area contributed by atoms with Gasteiger partial charge in [-0.3, -0.25) is 4.79 Å². The van der Waals surface area contributed by atoms with Crippen molar-refractivity contribution in [1.29, 1.82) is 0 Å². The maximum absolute atomic E-state index is 10.5. The van der Waals surface area contributed by atoms with Crippen molar-refractivity contribution in [2.24, 2.45) is 5.73 Å². The van der Waals surface area contributed by atoms with Gasteiger partial charge >= 0.3 is 5.97 Å². The zero-order valence-corrected chi connectivity index (χ0v) is 7.90. The Morgan fingerprint density at radius 3 is 2.86 bits per heavy atom. The molecule has 0 saturated heterocycles. The van der Waals surface area contributed by atoms with Gasteiger partial charge in [0.05, 0.1) is 6.42 Å². The summed E-state index contributed by atoms with van der Waals surface area (Å²) in [5.41, 5.74) is 11.1. The van der Waals surface area contributed by atoms with E-state index in [2.05, 4.69) is 4.98 Å². The highest BCUT2D eigenvalue weighted by atomic mass is 16.4. The van der Waals surface area contributed by atoms with Gasteiger partial charge in [-0.15, -0.1) is 0 Å².